The van der Waals surface area contributed by atoms with Crippen molar-refractivity contribution in [3.63, 3.8) is 0 Å². The van der Waals surface area contributed by atoms with E-state index in [2.05, 4.69) is 5.32 Å². The van der Waals surface area contributed by atoms with Crippen LogP contribution in [0.25, 0.3) is 6.08 Å². The molecule has 0 unspecified atom stereocenters. The molecule has 1 N–H and O–H groups in total. The molecule has 0 saturated carbocycles. The van der Waals surface area contributed by atoms with Crippen LogP contribution in [0, 0.1) is 35.3 Å². The number of nitro benzene ring substituents is 1. The van der Waals surface area contributed by atoms with Crippen molar-refractivity contribution in [1.29, 1.82) is 5.26 Å². The highest BCUT2D eigenvalue weighted by Crippen LogP contribution is 2.25. The first-order chi connectivity index (χ1) is 11.8. The number of anilines is 1. The minimum absolute atomic E-state index is 0.221. The van der Waals surface area contributed by atoms with E-state index in [-0.39, 0.29) is 11.1 Å². The zero-order valence-electron chi connectivity index (χ0n) is 13.6. The zero-order valence-corrected chi connectivity index (χ0v) is 13.6. The van der Waals surface area contributed by atoms with E-state index in [4.69, 9.17) is 0 Å². The molecule has 0 spiro atoms. The summed E-state index contributed by atoms with van der Waals surface area (Å²) in [5.74, 6) is -1.37. The van der Waals surface area contributed by atoms with Crippen molar-refractivity contribution in [1.82, 2.24) is 0 Å². The summed E-state index contributed by atoms with van der Waals surface area (Å²) >= 11 is 0. The number of benzene rings is 2. The van der Waals surface area contributed by atoms with Gasteiger partial charge in [0.2, 0.25) is 0 Å². The zero-order chi connectivity index (χ0) is 18.6. The number of nitro groups is 1. The number of nitriles is 1. The molecular weight excluding hydrogens is 322 g/mol. The molecular formula is C18H14N3O4-. The highest BCUT2D eigenvalue weighted by atomic mass is 16.6. The van der Waals surface area contributed by atoms with Crippen LogP contribution in [-0.2, 0) is 4.79 Å². The molecule has 0 atom stereocenters. The quantitative estimate of drug-likeness (QED) is 0.398. The summed E-state index contributed by atoms with van der Waals surface area (Å²) in [5, 5.41) is 34.1. The van der Waals surface area contributed by atoms with Gasteiger partial charge in [0.05, 0.1) is 4.92 Å². The van der Waals surface area contributed by atoms with Crippen LogP contribution in [0.2, 0.25) is 0 Å². The molecule has 2 aromatic carbocycles. The molecule has 0 heterocycles. The monoisotopic (exact) mass is 336 g/mol. The molecule has 0 aliphatic rings. The fourth-order valence-corrected chi connectivity index (χ4v) is 2.23. The van der Waals surface area contributed by atoms with Crippen LogP contribution in [0.5, 0.6) is 5.75 Å². The van der Waals surface area contributed by atoms with Gasteiger partial charge >= 0.3 is 0 Å². The number of amides is 1. The fourth-order valence-electron chi connectivity index (χ4n) is 2.23. The predicted octanol–water partition coefficient (Wildman–Crippen LogP) is 2.83. The molecule has 0 fully saturated rings. The lowest BCUT2D eigenvalue weighted by Gasteiger charge is -2.09. The number of carbonyl (C=O) groups excluding carboxylic acids is 1. The van der Waals surface area contributed by atoms with E-state index in [9.17, 15) is 25.3 Å². The van der Waals surface area contributed by atoms with Crippen LogP contribution in [0.1, 0.15) is 16.7 Å². The van der Waals surface area contributed by atoms with E-state index in [1.165, 1.54) is 12.1 Å². The van der Waals surface area contributed by atoms with Gasteiger partial charge in [-0.3, -0.25) is 14.9 Å². The molecule has 0 aromatic heterocycles. The number of rotatable bonds is 4. The Morgan fingerprint density at radius 3 is 2.56 bits per heavy atom. The van der Waals surface area contributed by atoms with Gasteiger partial charge in [0.1, 0.15) is 11.6 Å². The number of hydrogen-bond donors (Lipinski definition) is 1. The van der Waals surface area contributed by atoms with Gasteiger partial charge in [0.15, 0.2) is 0 Å². The lowest BCUT2D eigenvalue weighted by molar-refractivity contribution is -0.398. The Kier molecular flexibility index (Phi) is 5.15. The Morgan fingerprint density at radius 1 is 1.24 bits per heavy atom. The second-order valence-electron chi connectivity index (χ2n) is 5.43. The molecule has 1 amide bonds. The standard InChI is InChI=1S/C18H15N3O4/c1-11-3-5-15(12(2)7-11)20-18(23)14(10-19)8-13-4-6-17(22)16(9-13)21(24)25/h3-9,22H,1-2H3,(H,20,23)/p-1. The van der Waals surface area contributed by atoms with Crippen LogP contribution in [-0.4, -0.2) is 10.8 Å². The third kappa shape index (κ3) is 4.20. The van der Waals surface area contributed by atoms with Crippen LogP contribution in [0.15, 0.2) is 42.0 Å². The largest absolute Gasteiger partial charge is 0.868 e. The molecule has 0 radical (unpaired) electrons. The number of nitrogens with zero attached hydrogens (tertiary/aromatic N) is 2. The maximum absolute atomic E-state index is 12.3. The van der Waals surface area contributed by atoms with Crippen molar-refractivity contribution in [2.45, 2.75) is 13.8 Å². The number of carbonyl (C=O) groups is 1. The first-order valence-corrected chi connectivity index (χ1v) is 7.27. The van der Waals surface area contributed by atoms with Gasteiger partial charge in [0, 0.05) is 11.8 Å². The van der Waals surface area contributed by atoms with Gasteiger partial charge in [-0.2, -0.15) is 5.26 Å². The smallest absolute Gasteiger partial charge is 0.266 e. The average molecular weight is 336 g/mol. The second-order valence-corrected chi connectivity index (χ2v) is 5.43. The van der Waals surface area contributed by atoms with Gasteiger partial charge < -0.3 is 10.4 Å². The molecule has 2 rings (SSSR count). The third-order valence-corrected chi connectivity index (χ3v) is 3.49. The maximum atomic E-state index is 12.3. The summed E-state index contributed by atoms with van der Waals surface area (Å²) in [7, 11) is 0. The van der Waals surface area contributed by atoms with Gasteiger partial charge in [-0.05, 0) is 42.9 Å². The molecule has 0 aliphatic carbocycles. The van der Waals surface area contributed by atoms with Crippen LogP contribution >= 0.6 is 0 Å². The normalized spacial score (nSPS) is 10.8. The minimum Gasteiger partial charge on any atom is -0.868 e. The van der Waals surface area contributed by atoms with Crippen molar-refractivity contribution in [2.24, 2.45) is 0 Å². The van der Waals surface area contributed by atoms with Crippen LogP contribution in [0.3, 0.4) is 0 Å². The molecule has 2 aromatic rings. The molecule has 0 bridgehead atoms. The minimum atomic E-state index is -0.804. The number of aryl methyl sites for hydroxylation is 2. The van der Waals surface area contributed by atoms with Crippen molar-refractivity contribution in [3.8, 4) is 11.8 Å². The maximum Gasteiger partial charge on any atom is 0.266 e. The Balaban J connectivity index is 2.31. The Labute approximate surface area is 144 Å². The average Bonchev–Trinajstić information content (AvgIpc) is 2.56. The SMILES string of the molecule is Cc1ccc(NC(=O)C(C#N)=Cc2ccc([O-])c([N+](=O)[O-])c2)c(C)c1. The second kappa shape index (κ2) is 7.27. The Hall–Kier alpha value is -3.66. The number of nitrogens with one attached hydrogen (secondary N) is 1. The van der Waals surface area contributed by atoms with E-state index >= 15 is 0 Å². The van der Waals surface area contributed by atoms with Crippen LogP contribution < -0.4 is 10.4 Å². The van der Waals surface area contributed by atoms with E-state index < -0.39 is 22.3 Å². The van der Waals surface area contributed by atoms with Gasteiger partial charge in [-0.1, -0.05) is 29.8 Å². The van der Waals surface area contributed by atoms with E-state index in [0.717, 1.165) is 23.3 Å². The van der Waals surface area contributed by atoms with Gasteiger partial charge in [-0.25, -0.2) is 0 Å². The third-order valence-electron chi connectivity index (χ3n) is 3.49. The van der Waals surface area contributed by atoms with Gasteiger partial charge in [0.25, 0.3) is 11.6 Å². The fraction of sp³-hybridized carbons (Fsp3) is 0.111. The highest BCUT2D eigenvalue weighted by Gasteiger charge is 2.13. The molecule has 126 valence electrons. The summed E-state index contributed by atoms with van der Waals surface area (Å²) in [6, 6.07) is 10.6. The van der Waals surface area contributed by atoms with Gasteiger partial charge in [-0.15, -0.1) is 0 Å². The molecule has 0 aliphatic heterocycles. The first kappa shape index (κ1) is 17.7. The van der Waals surface area contributed by atoms with Crippen molar-refractivity contribution in [2.75, 3.05) is 5.32 Å². The predicted molar refractivity (Wildman–Crippen MR) is 90.7 cm³/mol. The number of hydrogen-bond acceptors (Lipinski definition) is 5. The van der Waals surface area contributed by atoms with Crippen molar-refractivity contribution < 1.29 is 14.8 Å². The Morgan fingerprint density at radius 2 is 1.96 bits per heavy atom. The molecule has 0 saturated heterocycles. The van der Waals surface area contributed by atoms with Crippen LogP contribution in [0.4, 0.5) is 11.4 Å². The van der Waals surface area contributed by atoms with E-state index in [1.54, 1.807) is 12.1 Å². The van der Waals surface area contributed by atoms with E-state index in [1.807, 2.05) is 26.0 Å². The lowest BCUT2D eigenvalue weighted by atomic mass is 10.1. The molecule has 7 nitrogen and oxygen atoms in total. The van der Waals surface area contributed by atoms with Crippen molar-refractivity contribution in [3.05, 3.63) is 68.8 Å². The summed E-state index contributed by atoms with van der Waals surface area (Å²) in [6.45, 7) is 3.75. The summed E-state index contributed by atoms with van der Waals surface area (Å²) < 4.78 is 0. The van der Waals surface area contributed by atoms with E-state index in [0.29, 0.717) is 5.69 Å². The lowest BCUT2D eigenvalue weighted by Crippen LogP contribution is -2.14. The Bertz CT molecular complexity index is 926. The summed E-state index contributed by atoms with van der Waals surface area (Å²) in [4.78, 5) is 22.3. The highest BCUT2D eigenvalue weighted by molar-refractivity contribution is 6.10. The molecule has 25 heavy (non-hydrogen) atoms. The summed E-state index contributed by atoms with van der Waals surface area (Å²) in [6.07, 6.45) is 1.20. The van der Waals surface area contributed by atoms with Crippen molar-refractivity contribution >= 4 is 23.4 Å². The first-order valence-electron chi connectivity index (χ1n) is 7.27. The molecule has 7 heteroatoms. The summed E-state index contributed by atoms with van der Waals surface area (Å²) in [5.41, 5.74) is 1.83. The topological polar surface area (TPSA) is 119 Å².